The second-order valence-electron chi connectivity index (χ2n) is 7.51. The molecule has 7 nitrogen and oxygen atoms in total. The molecule has 0 bridgehead atoms. The van der Waals surface area contributed by atoms with Crippen LogP contribution in [-0.4, -0.2) is 92.4 Å². The van der Waals surface area contributed by atoms with Gasteiger partial charge in [0.1, 0.15) is 23.9 Å². The van der Waals surface area contributed by atoms with Crippen LogP contribution in [0.4, 0.5) is 0 Å². The van der Waals surface area contributed by atoms with E-state index in [1.165, 1.54) is 0 Å². The first-order valence-electron chi connectivity index (χ1n) is 10.2. The summed E-state index contributed by atoms with van der Waals surface area (Å²) >= 11 is 0. The Labute approximate surface area is 165 Å². The molecular weight excluding hydrogens is 368 g/mol. The summed E-state index contributed by atoms with van der Waals surface area (Å²) in [6, 6.07) is 0. The third-order valence-electron chi connectivity index (χ3n) is 5.46. The molecule has 0 aromatic rings. The molecule has 0 amide bonds. The van der Waals surface area contributed by atoms with Gasteiger partial charge in [-0.3, -0.25) is 0 Å². The Bertz CT molecular complexity index is 380. The fourth-order valence-corrected chi connectivity index (χ4v) is 4.08. The van der Waals surface area contributed by atoms with E-state index in [-0.39, 0.29) is 36.6 Å². The minimum atomic E-state index is -0.784. The maximum atomic E-state index is 6.28. The first kappa shape index (κ1) is 21.6. The highest BCUT2D eigenvalue weighted by molar-refractivity contribution is 5.98. The Morgan fingerprint density at radius 1 is 0.741 bits per heavy atom. The van der Waals surface area contributed by atoms with Crippen molar-refractivity contribution in [3.8, 4) is 0 Å². The van der Waals surface area contributed by atoms with Crippen LogP contribution in [0.15, 0.2) is 0 Å². The zero-order valence-corrected chi connectivity index (χ0v) is 17.7. The Hall–Kier alpha value is -0.0631. The Morgan fingerprint density at radius 2 is 1.04 bits per heavy atom. The lowest BCUT2D eigenvalue weighted by atomic mass is 9.80. The van der Waals surface area contributed by atoms with Gasteiger partial charge in [-0.1, -0.05) is 20.8 Å². The molecule has 8 heteroatoms. The highest BCUT2D eigenvalue weighted by atomic mass is 28.2. The zero-order valence-electron chi connectivity index (χ0n) is 16.7. The maximum absolute atomic E-state index is 6.28. The van der Waals surface area contributed by atoms with E-state index in [9.17, 15) is 0 Å². The zero-order chi connectivity index (χ0) is 19.3. The standard InChI is InChI=1S/C19H33O7Si/c1-4-16(23-10-13-7-20-13)19(26-27,17(5-2)24-11-14-8-21-14)18(6-3)25-12-15-9-22-15/h13-18H,4-12H2,1-3H3. The minimum absolute atomic E-state index is 0.188. The predicted molar refractivity (Wildman–Crippen MR) is 98.9 cm³/mol. The molecule has 155 valence electrons. The molecule has 3 rings (SSSR count). The third-order valence-corrected chi connectivity index (χ3v) is 5.81. The van der Waals surface area contributed by atoms with Crippen LogP contribution in [-0.2, 0) is 32.8 Å². The van der Waals surface area contributed by atoms with Crippen molar-refractivity contribution in [2.75, 3.05) is 39.6 Å². The smallest absolute Gasteiger partial charge is 0.247 e. The molecule has 0 N–H and O–H groups in total. The van der Waals surface area contributed by atoms with Gasteiger partial charge in [0.05, 0.1) is 58.0 Å². The van der Waals surface area contributed by atoms with Gasteiger partial charge >= 0.3 is 0 Å². The number of hydrogen-bond donors (Lipinski definition) is 0. The average Bonchev–Trinajstić information content (AvgIpc) is 3.54. The van der Waals surface area contributed by atoms with Gasteiger partial charge in [-0.15, -0.1) is 0 Å². The third kappa shape index (κ3) is 5.73. The predicted octanol–water partition coefficient (Wildman–Crippen LogP) is 1.41. The SMILES string of the molecule is CCC(OCC1CO1)C(O[Si])(C(CC)OCC1CO1)C(CC)OCC1CO1. The summed E-state index contributed by atoms with van der Waals surface area (Å²) in [6.07, 6.45) is 2.29. The van der Waals surface area contributed by atoms with Gasteiger partial charge in [-0.25, -0.2) is 0 Å². The molecule has 0 spiro atoms. The molecule has 3 aliphatic rings. The van der Waals surface area contributed by atoms with E-state index in [1.54, 1.807) is 0 Å². The van der Waals surface area contributed by atoms with Gasteiger partial charge in [-0.05, 0) is 19.3 Å². The highest BCUT2D eigenvalue weighted by Crippen LogP contribution is 2.37. The van der Waals surface area contributed by atoms with Gasteiger partial charge in [0.2, 0.25) is 10.5 Å². The van der Waals surface area contributed by atoms with E-state index < -0.39 is 5.60 Å². The molecule has 0 aromatic heterocycles. The van der Waals surface area contributed by atoms with Crippen LogP contribution in [0.3, 0.4) is 0 Å². The molecule has 6 unspecified atom stereocenters. The van der Waals surface area contributed by atoms with Crippen LogP contribution in [0.25, 0.3) is 0 Å². The maximum Gasteiger partial charge on any atom is 0.247 e. The van der Waals surface area contributed by atoms with E-state index in [0.717, 1.165) is 39.1 Å². The average molecular weight is 402 g/mol. The van der Waals surface area contributed by atoms with Gasteiger partial charge in [-0.2, -0.15) is 0 Å². The van der Waals surface area contributed by atoms with Gasteiger partial charge in [0.15, 0.2) is 0 Å². The lowest BCUT2D eigenvalue weighted by Gasteiger charge is -2.48. The Kier molecular flexibility index (Phi) is 8.11. The molecule has 3 saturated heterocycles. The molecule has 3 fully saturated rings. The largest absolute Gasteiger partial charge is 0.406 e. The summed E-state index contributed by atoms with van der Waals surface area (Å²) in [5.74, 6) is 0. The van der Waals surface area contributed by atoms with Crippen molar-refractivity contribution in [1.82, 2.24) is 0 Å². The molecule has 3 aliphatic heterocycles. The molecule has 0 aliphatic carbocycles. The van der Waals surface area contributed by atoms with Crippen molar-refractivity contribution >= 4 is 10.5 Å². The van der Waals surface area contributed by atoms with Gasteiger partial charge in [0, 0.05) is 0 Å². The Morgan fingerprint density at radius 3 is 1.22 bits per heavy atom. The fourth-order valence-electron chi connectivity index (χ4n) is 3.68. The van der Waals surface area contributed by atoms with Crippen molar-refractivity contribution in [2.45, 2.75) is 82.3 Å². The van der Waals surface area contributed by atoms with Crippen LogP contribution < -0.4 is 0 Å². The number of epoxide rings is 3. The number of rotatable bonds is 16. The monoisotopic (exact) mass is 401 g/mol. The van der Waals surface area contributed by atoms with Crippen molar-refractivity contribution < 1.29 is 32.8 Å². The fraction of sp³-hybridized carbons (Fsp3) is 1.00. The molecule has 27 heavy (non-hydrogen) atoms. The first-order valence-corrected chi connectivity index (χ1v) is 10.6. The number of ether oxygens (including phenoxy) is 6. The summed E-state index contributed by atoms with van der Waals surface area (Å²) in [6.45, 7) is 10.3. The Balaban J connectivity index is 1.78. The summed E-state index contributed by atoms with van der Waals surface area (Å²) in [7, 11) is 3.39. The van der Waals surface area contributed by atoms with Crippen molar-refractivity contribution in [1.29, 1.82) is 0 Å². The molecule has 3 heterocycles. The van der Waals surface area contributed by atoms with E-state index in [1.807, 2.05) is 0 Å². The lowest BCUT2D eigenvalue weighted by molar-refractivity contribution is -0.225. The summed E-state index contributed by atoms with van der Waals surface area (Å²) in [5, 5.41) is 0. The molecule has 6 atom stereocenters. The highest BCUT2D eigenvalue weighted by Gasteiger charge is 2.53. The molecule has 0 saturated carbocycles. The minimum Gasteiger partial charge on any atom is -0.406 e. The van der Waals surface area contributed by atoms with E-state index >= 15 is 0 Å². The van der Waals surface area contributed by atoms with Crippen molar-refractivity contribution in [2.24, 2.45) is 0 Å². The summed E-state index contributed by atoms with van der Waals surface area (Å²) < 4.78 is 40.9. The quantitative estimate of drug-likeness (QED) is 0.286. The van der Waals surface area contributed by atoms with Crippen LogP contribution >= 0.6 is 0 Å². The van der Waals surface area contributed by atoms with E-state index in [2.05, 4.69) is 31.3 Å². The summed E-state index contributed by atoms with van der Waals surface area (Å²) in [4.78, 5) is 0. The van der Waals surface area contributed by atoms with E-state index in [4.69, 9.17) is 32.8 Å². The van der Waals surface area contributed by atoms with Crippen molar-refractivity contribution in [3.05, 3.63) is 0 Å². The second-order valence-corrected chi connectivity index (χ2v) is 7.72. The first-order chi connectivity index (χ1) is 13.2. The van der Waals surface area contributed by atoms with Crippen LogP contribution in [0.5, 0.6) is 0 Å². The summed E-state index contributed by atoms with van der Waals surface area (Å²) in [5.41, 5.74) is -0.784. The topological polar surface area (TPSA) is 74.5 Å². The molecular formula is C19H33O7Si. The van der Waals surface area contributed by atoms with Crippen LogP contribution in [0.2, 0.25) is 0 Å². The van der Waals surface area contributed by atoms with Crippen LogP contribution in [0, 0.1) is 0 Å². The van der Waals surface area contributed by atoms with Gasteiger partial charge < -0.3 is 32.8 Å². The van der Waals surface area contributed by atoms with Gasteiger partial charge in [0.25, 0.3) is 0 Å². The normalized spacial score (nSPS) is 31.8. The second kappa shape index (κ2) is 10.1. The van der Waals surface area contributed by atoms with E-state index in [0.29, 0.717) is 19.8 Å². The van der Waals surface area contributed by atoms with Crippen LogP contribution in [0.1, 0.15) is 40.0 Å². The van der Waals surface area contributed by atoms with Crippen molar-refractivity contribution in [3.63, 3.8) is 0 Å². The molecule has 3 radical (unpaired) electrons. The molecule has 0 aromatic carbocycles. The lowest BCUT2D eigenvalue weighted by Crippen LogP contribution is -2.64. The number of hydrogen-bond acceptors (Lipinski definition) is 7.